The molecular formula is C30H30FN7O7S. The molecule has 3 N–H and O–H groups in total. The van der Waals surface area contributed by atoms with E-state index in [4.69, 9.17) is 4.74 Å². The molecule has 1 fully saturated rings. The number of hydrogen-bond donors (Lipinski definition) is 3. The summed E-state index contributed by atoms with van der Waals surface area (Å²) in [6.07, 6.45) is 3.56. The average molecular weight is 652 g/mol. The molecule has 0 spiro atoms. The first-order valence-corrected chi connectivity index (χ1v) is 16.1. The van der Waals surface area contributed by atoms with Crippen molar-refractivity contribution in [2.45, 2.75) is 55.8 Å². The zero-order valence-electron chi connectivity index (χ0n) is 24.4. The molecule has 2 aromatic carbocycles. The predicted octanol–water partition coefficient (Wildman–Crippen LogP) is 2.87. The minimum Gasteiger partial charge on any atom is -0.480 e. The standard InChI is InChI=1S/C30H30FN7O7S/c31-19-7-11-22-25(13-19)37(29(40)15-33-22)16-23(36-46(43,44)27-4-2-1-3-24(27)38(41)42)18-5-8-20(9-6-18)32-14-21-10-12-26-30(34-21)35-28(39)17-45-26/h1-4,7,10-13,15,18,20,23,32,36H,5-6,8-9,14,16-17H2,(H,34,35,39). The summed E-state index contributed by atoms with van der Waals surface area (Å²) in [5.41, 5.74) is 0.158. The van der Waals surface area contributed by atoms with E-state index in [2.05, 4.69) is 25.3 Å². The molecule has 6 rings (SSSR count). The molecule has 0 saturated heterocycles. The van der Waals surface area contributed by atoms with Gasteiger partial charge in [0.05, 0.1) is 27.8 Å². The van der Waals surface area contributed by atoms with Crippen LogP contribution in [0.15, 0.2) is 70.5 Å². The van der Waals surface area contributed by atoms with Gasteiger partial charge in [0, 0.05) is 31.2 Å². The Morgan fingerprint density at radius 1 is 1.11 bits per heavy atom. The molecule has 4 aromatic rings. The van der Waals surface area contributed by atoms with Crippen LogP contribution in [0.5, 0.6) is 5.75 Å². The molecule has 16 heteroatoms. The van der Waals surface area contributed by atoms with E-state index in [-0.39, 0.29) is 36.5 Å². The molecule has 2 aliphatic rings. The number of para-hydroxylation sites is 1. The van der Waals surface area contributed by atoms with Gasteiger partial charge in [-0.1, -0.05) is 12.1 Å². The number of nitro benzene ring substituents is 1. The van der Waals surface area contributed by atoms with Crippen molar-refractivity contribution < 1.29 is 27.3 Å². The summed E-state index contributed by atoms with van der Waals surface area (Å²) >= 11 is 0. The maximum absolute atomic E-state index is 14.2. The van der Waals surface area contributed by atoms with Crippen molar-refractivity contribution in [3.8, 4) is 5.75 Å². The van der Waals surface area contributed by atoms with E-state index in [0.29, 0.717) is 55.0 Å². The van der Waals surface area contributed by atoms with Gasteiger partial charge in [0.2, 0.25) is 10.0 Å². The second-order valence-corrected chi connectivity index (χ2v) is 13.0. The van der Waals surface area contributed by atoms with Crippen LogP contribution in [0.1, 0.15) is 31.4 Å². The molecular weight excluding hydrogens is 621 g/mol. The highest BCUT2D eigenvalue weighted by Crippen LogP contribution is 2.31. The van der Waals surface area contributed by atoms with Crippen molar-refractivity contribution in [1.29, 1.82) is 0 Å². The van der Waals surface area contributed by atoms with Crippen LogP contribution in [-0.2, 0) is 27.9 Å². The Hall–Kier alpha value is -4.80. The van der Waals surface area contributed by atoms with Gasteiger partial charge in [-0.2, -0.15) is 0 Å². The predicted molar refractivity (Wildman–Crippen MR) is 164 cm³/mol. The number of anilines is 1. The summed E-state index contributed by atoms with van der Waals surface area (Å²) in [4.78, 5) is 43.6. The topological polar surface area (TPSA) is 187 Å². The van der Waals surface area contributed by atoms with Crippen molar-refractivity contribution in [1.82, 2.24) is 24.6 Å². The minimum atomic E-state index is -4.41. The number of carbonyl (C=O) groups excluding carboxylic acids is 1. The van der Waals surface area contributed by atoms with Crippen molar-refractivity contribution in [2.24, 2.45) is 5.92 Å². The summed E-state index contributed by atoms with van der Waals surface area (Å²) in [7, 11) is -4.41. The Morgan fingerprint density at radius 2 is 1.89 bits per heavy atom. The van der Waals surface area contributed by atoms with E-state index in [1.54, 1.807) is 6.07 Å². The second-order valence-electron chi connectivity index (χ2n) is 11.3. The Balaban J connectivity index is 1.22. The fourth-order valence-electron chi connectivity index (χ4n) is 5.98. The smallest absolute Gasteiger partial charge is 0.289 e. The molecule has 3 heterocycles. The Kier molecular flexibility index (Phi) is 8.75. The van der Waals surface area contributed by atoms with Gasteiger partial charge >= 0.3 is 0 Å². The highest BCUT2D eigenvalue weighted by Gasteiger charge is 2.34. The number of nitro groups is 1. The van der Waals surface area contributed by atoms with Gasteiger partial charge in [-0.15, -0.1) is 0 Å². The second kappa shape index (κ2) is 12.9. The molecule has 1 saturated carbocycles. The number of nitrogens with one attached hydrogen (secondary N) is 3. The normalized spacial score (nSPS) is 18.8. The number of hydrogen-bond acceptors (Lipinski definition) is 10. The molecule has 1 unspecified atom stereocenters. The molecule has 14 nitrogen and oxygen atoms in total. The summed E-state index contributed by atoms with van der Waals surface area (Å²) in [5.74, 6) is -0.245. The molecule has 0 bridgehead atoms. The van der Waals surface area contributed by atoms with Crippen molar-refractivity contribution in [2.75, 3.05) is 11.9 Å². The summed E-state index contributed by atoms with van der Waals surface area (Å²) in [6, 6.07) is 11.6. The van der Waals surface area contributed by atoms with Gasteiger partial charge < -0.3 is 19.9 Å². The van der Waals surface area contributed by atoms with Gasteiger partial charge in [0.25, 0.3) is 17.2 Å². The lowest BCUT2D eigenvalue weighted by Crippen LogP contribution is -2.47. The molecule has 1 amide bonds. The van der Waals surface area contributed by atoms with Crippen molar-refractivity contribution >= 4 is 38.5 Å². The van der Waals surface area contributed by atoms with Crippen LogP contribution < -0.4 is 25.7 Å². The van der Waals surface area contributed by atoms with E-state index in [9.17, 15) is 32.5 Å². The number of sulfonamides is 1. The zero-order chi connectivity index (χ0) is 32.4. The maximum atomic E-state index is 14.2. The van der Waals surface area contributed by atoms with E-state index in [0.717, 1.165) is 18.3 Å². The Morgan fingerprint density at radius 3 is 2.67 bits per heavy atom. The van der Waals surface area contributed by atoms with E-state index >= 15 is 0 Å². The van der Waals surface area contributed by atoms with Crippen LogP contribution in [-0.4, -0.2) is 52.5 Å². The Labute approximate surface area is 262 Å². The number of carbonyl (C=O) groups is 1. The number of benzene rings is 2. The monoisotopic (exact) mass is 651 g/mol. The third-order valence-corrected chi connectivity index (χ3v) is 9.83. The molecule has 2 aromatic heterocycles. The van der Waals surface area contributed by atoms with Gasteiger partial charge in [-0.3, -0.25) is 19.7 Å². The van der Waals surface area contributed by atoms with Gasteiger partial charge in [-0.05, 0) is 68.0 Å². The lowest BCUT2D eigenvalue weighted by Gasteiger charge is -2.35. The van der Waals surface area contributed by atoms with E-state index in [1.165, 1.54) is 34.9 Å². The number of fused-ring (bicyclic) bond motifs is 2. The first-order valence-electron chi connectivity index (χ1n) is 14.6. The molecule has 1 atom stereocenters. The quantitative estimate of drug-likeness (QED) is 0.170. The first kappa shape index (κ1) is 31.2. The van der Waals surface area contributed by atoms with Crippen LogP contribution >= 0.6 is 0 Å². The zero-order valence-corrected chi connectivity index (χ0v) is 25.2. The van der Waals surface area contributed by atoms with Crippen LogP contribution in [0.4, 0.5) is 15.9 Å². The third-order valence-electron chi connectivity index (χ3n) is 8.29. The molecule has 1 aliphatic carbocycles. The number of amides is 1. The lowest BCUT2D eigenvalue weighted by atomic mass is 9.81. The van der Waals surface area contributed by atoms with E-state index < -0.39 is 42.9 Å². The fourth-order valence-corrected chi connectivity index (χ4v) is 7.45. The van der Waals surface area contributed by atoms with Crippen LogP contribution in [0.25, 0.3) is 11.0 Å². The SMILES string of the molecule is O=C1COc2ccc(CNC3CCC(C(Cn4c(=O)cnc5ccc(F)cc54)NS(=O)(=O)c4ccccc4[N+](=O)[O-])CC3)nc2N1. The minimum absolute atomic E-state index is 0.0577. The number of pyridine rings is 1. The summed E-state index contributed by atoms with van der Waals surface area (Å²) in [5, 5.41) is 17.8. The average Bonchev–Trinajstić information content (AvgIpc) is 3.04. The number of ether oxygens (including phenoxy) is 1. The van der Waals surface area contributed by atoms with Gasteiger partial charge in [-0.25, -0.2) is 27.5 Å². The van der Waals surface area contributed by atoms with Gasteiger partial charge in [0.1, 0.15) is 5.82 Å². The fraction of sp³-hybridized carbons (Fsp3) is 0.333. The van der Waals surface area contributed by atoms with Crippen molar-refractivity contribution in [3.63, 3.8) is 0 Å². The number of halogens is 1. The van der Waals surface area contributed by atoms with E-state index in [1.807, 2.05) is 6.07 Å². The lowest BCUT2D eigenvalue weighted by molar-refractivity contribution is -0.387. The third kappa shape index (κ3) is 6.73. The number of aromatic nitrogens is 3. The molecule has 240 valence electrons. The summed E-state index contributed by atoms with van der Waals surface area (Å²) in [6.45, 7) is 0.227. The molecule has 0 radical (unpaired) electrons. The summed E-state index contributed by atoms with van der Waals surface area (Å²) < 4.78 is 50.8. The number of rotatable bonds is 10. The molecule has 46 heavy (non-hydrogen) atoms. The Bertz CT molecular complexity index is 1980. The van der Waals surface area contributed by atoms with Crippen molar-refractivity contribution in [3.05, 3.63) is 92.8 Å². The maximum Gasteiger partial charge on any atom is 0.289 e. The highest BCUT2D eigenvalue weighted by atomic mass is 32.2. The largest absolute Gasteiger partial charge is 0.480 e. The molecule has 1 aliphatic heterocycles. The van der Waals surface area contributed by atoms with Crippen LogP contribution in [0.3, 0.4) is 0 Å². The van der Waals surface area contributed by atoms with Crippen LogP contribution in [0, 0.1) is 21.8 Å². The van der Waals surface area contributed by atoms with Crippen LogP contribution in [0.2, 0.25) is 0 Å². The highest BCUT2D eigenvalue weighted by molar-refractivity contribution is 7.89. The van der Waals surface area contributed by atoms with Gasteiger partial charge in [0.15, 0.2) is 23.1 Å². The number of nitrogens with zero attached hydrogens (tertiary/aromatic N) is 4. The first-order chi connectivity index (χ1) is 22.1.